The lowest BCUT2D eigenvalue weighted by molar-refractivity contribution is 0.0693. The van der Waals surface area contributed by atoms with Crippen LogP contribution in [0.5, 0.6) is 0 Å². The number of thiophene rings is 3. The molecule has 0 radical (unpaired) electrons. The van der Waals surface area contributed by atoms with E-state index in [1.165, 1.54) is 0 Å². The zero-order chi connectivity index (χ0) is 18.1. The Labute approximate surface area is 166 Å². The monoisotopic (exact) mass is 448 g/mol. The third-order valence-electron chi connectivity index (χ3n) is 3.24. The van der Waals surface area contributed by atoms with Crippen LogP contribution in [0.15, 0.2) is 34.3 Å². The summed E-state index contributed by atoms with van der Waals surface area (Å²) in [6, 6.07) is 4.89. The molecule has 11 heteroatoms. The van der Waals surface area contributed by atoms with Crippen LogP contribution < -0.4 is 15.9 Å². The first-order valence-electron chi connectivity index (χ1n) is 6.64. The SMILES string of the molecule is Cl.O=C(O)c1sccc1P(c1ccsc1C(=O)O)c1ccsc1C(=O)O. The van der Waals surface area contributed by atoms with Crippen molar-refractivity contribution in [2.75, 3.05) is 0 Å². The van der Waals surface area contributed by atoms with Gasteiger partial charge in [-0.1, -0.05) is 0 Å². The molecule has 3 aromatic rings. The predicted molar refractivity (Wildman–Crippen MR) is 107 cm³/mol. The van der Waals surface area contributed by atoms with Crippen molar-refractivity contribution in [1.82, 2.24) is 0 Å². The number of hydrogen-bond donors (Lipinski definition) is 3. The van der Waals surface area contributed by atoms with Crippen LogP contribution in [0.1, 0.15) is 29.0 Å². The molecule has 3 rings (SSSR count). The van der Waals surface area contributed by atoms with Gasteiger partial charge in [-0.15, -0.1) is 46.4 Å². The fourth-order valence-electron chi connectivity index (χ4n) is 2.31. The molecule has 0 spiro atoms. The zero-order valence-corrected chi connectivity index (χ0v) is 16.8. The van der Waals surface area contributed by atoms with Crippen LogP contribution in [-0.4, -0.2) is 33.2 Å². The molecule has 0 bridgehead atoms. The smallest absolute Gasteiger partial charge is 0.346 e. The van der Waals surface area contributed by atoms with Crippen LogP contribution in [0.2, 0.25) is 0 Å². The summed E-state index contributed by atoms with van der Waals surface area (Å²) >= 11 is 3.11. The van der Waals surface area contributed by atoms with E-state index in [0.717, 1.165) is 34.0 Å². The van der Waals surface area contributed by atoms with Crippen molar-refractivity contribution in [3.63, 3.8) is 0 Å². The summed E-state index contributed by atoms with van der Waals surface area (Å²) in [5.41, 5.74) is 0. The first kappa shape index (κ1) is 20.5. The highest BCUT2D eigenvalue weighted by atomic mass is 35.5. The van der Waals surface area contributed by atoms with Gasteiger partial charge in [-0.05, 0) is 42.3 Å². The molecule has 0 unspecified atom stereocenters. The van der Waals surface area contributed by atoms with Crippen LogP contribution in [0.4, 0.5) is 0 Å². The highest BCUT2D eigenvalue weighted by Gasteiger charge is 2.31. The van der Waals surface area contributed by atoms with E-state index >= 15 is 0 Å². The summed E-state index contributed by atoms with van der Waals surface area (Å²) in [6.07, 6.45) is 0. The first-order chi connectivity index (χ1) is 11.9. The Hall–Kier alpha value is -1.77. The third kappa shape index (κ3) is 3.67. The molecule has 136 valence electrons. The van der Waals surface area contributed by atoms with Gasteiger partial charge in [-0.2, -0.15) is 0 Å². The number of rotatable bonds is 6. The molecule has 0 atom stereocenters. The number of carboxylic acid groups (broad SMARTS) is 3. The molecular weight excluding hydrogens is 439 g/mol. The summed E-state index contributed by atoms with van der Waals surface area (Å²) in [5.74, 6) is -3.34. The van der Waals surface area contributed by atoms with E-state index < -0.39 is 25.8 Å². The molecule has 3 N–H and O–H groups in total. The van der Waals surface area contributed by atoms with Crippen molar-refractivity contribution >= 4 is 88.2 Å². The van der Waals surface area contributed by atoms with Crippen molar-refractivity contribution in [2.24, 2.45) is 0 Å². The van der Waals surface area contributed by atoms with Crippen molar-refractivity contribution < 1.29 is 29.7 Å². The van der Waals surface area contributed by atoms with Crippen LogP contribution >= 0.6 is 54.3 Å². The largest absolute Gasteiger partial charge is 0.477 e. The lowest BCUT2D eigenvalue weighted by atomic mass is 10.4. The Morgan fingerprint density at radius 3 is 1.15 bits per heavy atom. The lowest BCUT2D eigenvalue weighted by Gasteiger charge is -2.18. The normalized spacial score (nSPS) is 10.5. The van der Waals surface area contributed by atoms with E-state index in [4.69, 9.17) is 0 Å². The summed E-state index contributed by atoms with van der Waals surface area (Å²) in [7, 11) is -1.61. The molecule has 0 saturated heterocycles. The molecular formula is C15H10ClO6PS3. The topological polar surface area (TPSA) is 112 Å². The molecule has 0 saturated carbocycles. The second-order valence-electron chi connectivity index (χ2n) is 4.66. The van der Waals surface area contributed by atoms with Gasteiger partial charge >= 0.3 is 17.9 Å². The summed E-state index contributed by atoms with van der Waals surface area (Å²) in [6.45, 7) is 0. The molecule has 6 nitrogen and oxygen atoms in total. The van der Waals surface area contributed by atoms with E-state index in [9.17, 15) is 29.7 Å². The highest BCUT2D eigenvalue weighted by Crippen LogP contribution is 2.40. The van der Waals surface area contributed by atoms with E-state index in [-0.39, 0.29) is 27.0 Å². The predicted octanol–water partition coefficient (Wildman–Crippen LogP) is 3.15. The van der Waals surface area contributed by atoms with Crippen LogP contribution in [0.3, 0.4) is 0 Å². The fraction of sp³-hybridized carbons (Fsp3) is 0. The van der Waals surface area contributed by atoms with Gasteiger partial charge in [0, 0.05) is 15.9 Å². The van der Waals surface area contributed by atoms with Gasteiger partial charge in [0.15, 0.2) is 0 Å². The van der Waals surface area contributed by atoms with E-state index in [0.29, 0.717) is 15.9 Å². The van der Waals surface area contributed by atoms with Crippen LogP contribution in [0.25, 0.3) is 0 Å². The minimum atomic E-state index is -1.61. The van der Waals surface area contributed by atoms with Crippen LogP contribution in [-0.2, 0) is 0 Å². The Balaban J connectivity index is 0.00000243. The molecule has 3 heterocycles. The Kier molecular flexibility index (Phi) is 6.54. The fourth-order valence-corrected chi connectivity index (χ4v) is 8.14. The standard InChI is InChI=1S/C15H9O6PS3.ClH/c16-13(17)10-7(1-4-23-10)22(8-2-5-24-11(8)14(18)19)9-3-6-25-12(9)15(20)21;/h1-6H,(H,16,17)(H,18,19)(H,20,21);1H. The van der Waals surface area contributed by atoms with Crippen LogP contribution in [0, 0.1) is 0 Å². The van der Waals surface area contributed by atoms with Gasteiger partial charge in [-0.3, -0.25) is 0 Å². The lowest BCUT2D eigenvalue weighted by Crippen LogP contribution is -2.27. The van der Waals surface area contributed by atoms with E-state index in [2.05, 4.69) is 0 Å². The van der Waals surface area contributed by atoms with Gasteiger partial charge in [0.2, 0.25) is 0 Å². The minimum Gasteiger partial charge on any atom is -0.477 e. The Morgan fingerprint density at radius 1 is 0.654 bits per heavy atom. The molecule has 0 aliphatic rings. The number of hydrogen-bond acceptors (Lipinski definition) is 6. The maximum absolute atomic E-state index is 11.6. The zero-order valence-electron chi connectivity index (χ0n) is 12.6. The number of aromatic carboxylic acids is 3. The summed E-state index contributed by atoms with van der Waals surface area (Å²) in [5, 5.41) is 34.6. The molecule has 0 aromatic carbocycles. The maximum atomic E-state index is 11.6. The first-order valence-corrected chi connectivity index (χ1v) is 10.6. The Morgan fingerprint density at radius 2 is 0.923 bits per heavy atom. The average molecular weight is 449 g/mol. The molecule has 0 amide bonds. The van der Waals surface area contributed by atoms with Gasteiger partial charge in [0.25, 0.3) is 0 Å². The molecule has 0 aliphatic heterocycles. The van der Waals surface area contributed by atoms with E-state index in [1.807, 2.05) is 0 Å². The minimum absolute atomic E-state index is 0. The quantitative estimate of drug-likeness (QED) is 0.499. The van der Waals surface area contributed by atoms with Gasteiger partial charge in [0.1, 0.15) is 14.6 Å². The molecule has 0 aliphatic carbocycles. The number of halogens is 1. The van der Waals surface area contributed by atoms with Crippen molar-refractivity contribution in [3.05, 3.63) is 49.0 Å². The van der Waals surface area contributed by atoms with Gasteiger partial charge in [-0.25, -0.2) is 14.4 Å². The second-order valence-corrected chi connectivity index (χ2v) is 9.52. The number of carboxylic acids is 3. The molecule has 0 fully saturated rings. The van der Waals surface area contributed by atoms with E-state index in [1.54, 1.807) is 34.3 Å². The second kappa shape index (κ2) is 8.28. The summed E-state index contributed by atoms with van der Waals surface area (Å²) in [4.78, 5) is 35.0. The van der Waals surface area contributed by atoms with Crippen molar-refractivity contribution in [3.8, 4) is 0 Å². The molecule has 26 heavy (non-hydrogen) atoms. The molecule has 3 aromatic heterocycles. The van der Waals surface area contributed by atoms with Crippen molar-refractivity contribution in [2.45, 2.75) is 0 Å². The van der Waals surface area contributed by atoms with Crippen molar-refractivity contribution in [1.29, 1.82) is 0 Å². The van der Waals surface area contributed by atoms with Gasteiger partial charge in [0.05, 0.1) is 0 Å². The highest BCUT2D eigenvalue weighted by molar-refractivity contribution is 7.81. The van der Waals surface area contributed by atoms with Gasteiger partial charge < -0.3 is 15.3 Å². The third-order valence-corrected chi connectivity index (χ3v) is 8.96. The summed E-state index contributed by atoms with van der Waals surface area (Å²) < 4.78 is 0. The maximum Gasteiger partial charge on any atom is 0.346 e. The average Bonchev–Trinajstić information content (AvgIpc) is 3.28. The Bertz CT molecular complexity index is 851. The number of carbonyl (C=O) groups is 3.